The fourth-order valence-electron chi connectivity index (χ4n) is 4.14. The van der Waals surface area contributed by atoms with Crippen LogP contribution in [-0.4, -0.2) is 50.3 Å². The average molecular weight is 252 g/mol. The van der Waals surface area contributed by atoms with Gasteiger partial charge < -0.3 is 10.1 Å². The molecule has 3 fully saturated rings. The Kier molecular flexibility index (Phi) is 3.65. The van der Waals surface area contributed by atoms with Crippen LogP contribution in [0.1, 0.15) is 44.9 Å². The van der Waals surface area contributed by atoms with Crippen molar-refractivity contribution < 1.29 is 4.74 Å². The Bertz CT molecular complexity index is 276. The Morgan fingerprint density at radius 3 is 2.39 bits per heavy atom. The van der Waals surface area contributed by atoms with Crippen LogP contribution in [0.3, 0.4) is 0 Å². The lowest BCUT2D eigenvalue weighted by atomic mass is 9.94. The van der Waals surface area contributed by atoms with E-state index >= 15 is 0 Å². The van der Waals surface area contributed by atoms with Gasteiger partial charge in [0.25, 0.3) is 0 Å². The van der Waals surface area contributed by atoms with Crippen LogP contribution >= 0.6 is 0 Å². The molecule has 0 aromatic carbocycles. The maximum Gasteiger partial charge on any atom is 0.0468 e. The van der Waals surface area contributed by atoms with E-state index in [0.717, 1.165) is 24.7 Å². The topological polar surface area (TPSA) is 24.5 Å². The molecule has 1 saturated carbocycles. The fourth-order valence-corrected chi connectivity index (χ4v) is 4.14. The molecule has 0 aromatic rings. The lowest BCUT2D eigenvalue weighted by molar-refractivity contribution is 0.0804. The molecule has 0 spiro atoms. The highest BCUT2D eigenvalue weighted by molar-refractivity contribution is 5.03. The van der Waals surface area contributed by atoms with Gasteiger partial charge in [0, 0.05) is 38.4 Å². The van der Waals surface area contributed by atoms with Gasteiger partial charge in [-0.3, -0.25) is 4.90 Å². The monoisotopic (exact) mass is 252 g/mol. The quantitative estimate of drug-likeness (QED) is 0.783. The summed E-state index contributed by atoms with van der Waals surface area (Å²) in [4.78, 5) is 2.86. The molecule has 3 nitrogen and oxygen atoms in total. The van der Waals surface area contributed by atoms with Crippen molar-refractivity contribution in [2.75, 3.05) is 27.3 Å². The van der Waals surface area contributed by atoms with E-state index in [1.54, 1.807) is 0 Å². The molecule has 2 saturated heterocycles. The van der Waals surface area contributed by atoms with Gasteiger partial charge in [0.05, 0.1) is 0 Å². The molecule has 2 aliphatic heterocycles. The van der Waals surface area contributed by atoms with Gasteiger partial charge in [0.15, 0.2) is 0 Å². The van der Waals surface area contributed by atoms with E-state index in [4.69, 9.17) is 4.74 Å². The van der Waals surface area contributed by atoms with Gasteiger partial charge in [-0.1, -0.05) is 0 Å². The summed E-state index contributed by atoms with van der Waals surface area (Å²) in [5.74, 6) is 0. The molecule has 0 radical (unpaired) electrons. The Balaban J connectivity index is 1.58. The SMILES string of the molecule is CNC1CC2CCC(C1)N2CC1(CCOC)CC1. The first-order valence-electron chi connectivity index (χ1n) is 7.68. The highest BCUT2D eigenvalue weighted by atomic mass is 16.5. The molecule has 0 aromatic heterocycles. The second kappa shape index (κ2) is 5.10. The summed E-state index contributed by atoms with van der Waals surface area (Å²) in [6.07, 6.45) is 9.74. The van der Waals surface area contributed by atoms with E-state index in [1.807, 2.05) is 7.11 Å². The largest absolute Gasteiger partial charge is 0.385 e. The zero-order chi connectivity index (χ0) is 12.6. The summed E-state index contributed by atoms with van der Waals surface area (Å²) in [6, 6.07) is 2.50. The lowest BCUT2D eigenvalue weighted by Crippen LogP contribution is -2.50. The molecule has 0 amide bonds. The summed E-state index contributed by atoms with van der Waals surface area (Å²) in [6.45, 7) is 2.30. The Hall–Kier alpha value is -0.120. The highest BCUT2D eigenvalue weighted by Gasteiger charge is 2.48. The Labute approximate surface area is 111 Å². The minimum absolute atomic E-state index is 0.628. The number of hydrogen-bond donors (Lipinski definition) is 1. The number of fused-ring (bicyclic) bond motifs is 2. The molecular formula is C15H28N2O. The van der Waals surface area contributed by atoms with Crippen molar-refractivity contribution >= 4 is 0 Å². The van der Waals surface area contributed by atoms with Gasteiger partial charge in [-0.2, -0.15) is 0 Å². The molecule has 3 aliphatic rings. The standard InChI is InChI=1S/C15H28N2O/c1-16-12-9-13-3-4-14(10-12)17(13)11-15(5-6-15)7-8-18-2/h12-14,16H,3-11H2,1-2H3. The molecule has 104 valence electrons. The van der Waals surface area contributed by atoms with E-state index in [1.165, 1.54) is 51.5 Å². The van der Waals surface area contributed by atoms with Crippen LogP contribution in [0.15, 0.2) is 0 Å². The third-order valence-electron chi connectivity index (χ3n) is 5.60. The number of ether oxygens (including phenoxy) is 1. The van der Waals surface area contributed by atoms with Crippen LogP contribution < -0.4 is 5.32 Å². The van der Waals surface area contributed by atoms with Crippen molar-refractivity contribution in [2.45, 2.75) is 63.1 Å². The third kappa shape index (κ3) is 2.45. The predicted octanol–water partition coefficient (Wildman–Crippen LogP) is 2.02. The molecule has 3 heteroatoms. The van der Waals surface area contributed by atoms with E-state index in [-0.39, 0.29) is 0 Å². The average Bonchev–Trinajstić information content (AvgIpc) is 3.11. The maximum absolute atomic E-state index is 5.28. The molecule has 2 heterocycles. The molecule has 2 unspecified atom stereocenters. The normalized spacial score (nSPS) is 38.0. The third-order valence-corrected chi connectivity index (χ3v) is 5.60. The van der Waals surface area contributed by atoms with Crippen molar-refractivity contribution in [1.29, 1.82) is 0 Å². The number of rotatable bonds is 6. The summed E-state index contributed by atoms with van der Waals surface area (Å²) < 4.78 is 5.28. The summed E-state index contributed by atoms with van der Waals surface area (Å²) in [5, 5.41) is 3.49. The van der Waals surface area contributed by atoms with Gasteiger partial charge in [0.1, 0.15) is 0 Å². The van der Waals surface area contributed by atoms with Gasteiger partial charge in [-0.05, 0) is 57.4 Å². The first-order chi connectivity index (χ1) is 8.76. The van der Waals surface area contributed by atoms with Crippen LogP contribution in [0.25, 0.3) is 0 Å². The Morgan fingerprint density at radius 2 is 1.89 bits per heavy atom. The number of hydrogen-bond acceptors (Lipinski definition) is 3. The Morgan fingerprint density at radius 1 is 1.22 bits per heavy atom. The minimum atomic E-state index is 0.628. The maximum atomic E-state index is 5.28. The van der Waals surface area contributed by atoms with Crippen molar-refractivity contribution in [3.8, 4) is 0 Å². The van der Waals surface area contributed by atoms with Gasteiger partial charge in [-0.25, -0.2) is 0 Å². The minimum Gasteiger partial charge on any atom is -0.385 e. The summed E-state index contributed by atoms with van der Waals surface area (Å²) >= 11 is 0. The zero-order valence-electron chi connectivity index (χ0n) is 12.0. The van der Waals surface area contributed by atoms with Crippen LogP contribution in [0.5, 0.6) is 0 Å². The predicted molar refractivity (Wildman–Crippen MR) is 73.8 cm³/mol. The van der Waals surface area contributed by atoms with E-state index in [9.17, 15) is 0 Å². The first kappa shape index (κ1) is 12.9. The molecule has 2 bridgehead atoms. The van der Waals surface area contributed by atoms with E-state index < -0.39 is 0 Å². The molecule has 1 N–H and O–H groups in total. The second-order valence-electron chi connectivity index (χ2n) is 6.76. The smallest absolute Gasteiger partial charge is 0.0468 e. The van der Waals surface area contributed by atoms with Gasteiger partial charge in [-0.15, -0.1) is 0 Å². The molecule has 1 aliphatic carbocycles. The van der Waals surface area contributed by atoms with Crippen molar-refractivity contribution in [3.63, 3.8) is 0 Å². The fraction of sp³-hybridized carbons (Fsp3) is 1.00. The number of nitrogens with one attached hydrogen (secondary N) is 1. The van der Waals surface area contributed by atoms with Gasteiger partial charge >= 0.3 is 0 Å². The molecular weight excluding hydrogens is 224 g/mol. The van der Waals surface area contributed by atoms with Crippen LogP contribution in [0.4, 0.5) is 0 Å². The van der Waals surface area contributed by atoms with Crippen LogP contribution in [0, 0.1) is 5.41 Å². The number of piperidine rings is 1. The summed E-state index contributed by atoms with van der Waals surface area (Å²) in [5.41, 5.74) is 0.628. The molecule has 2 atom stereocenters. The second-order valence-corrected chi connectivity index (χ2v) is 6.76. The van der Waals surface area contributed by atoms with Crippen molar-refractivity contribution in [1.82, 2.24) is 10.2 Å². The number of methoxy groups -OCH3 is 1. The lowest BCUT2D eigenvalue weighted by Gasteiger charge is -2.41. The summed E-state index contributed by atoms with van der Waals surface area (Å²) in [7, 11) is 3.96. The molecule has 18 heavy (non-hydrogen) atoms. The number of nitrogens with zero attached hydrogens (tertiary/aromatic N) is 1. The van der Waals surface area contributed by atoms with E-state index in [0.29, 0.717) is 5.41 Å². The van der Waals surface area contributed by atoms with Crippen LogP contribution in [-0.2, 0) is 4.74 Å². The highest BCUT2D eigenvalue weighted by Crippen LogP contribution is 2.51. The zero-order valence-corrected chi connectivity index (χ0v) is 12.0. The van der Waals surface area contributed by atoms with E-state index in [2.05, 4.69) is 17.3 Å². The van der Waals surface area contributed by atoms with Crippen molar-refractivity contribution in [2.24, 2.45) is 5.41 Å². The van der Waals surface area contributed by atoms with Gasteiger partial charge in [0.2, 0.25) is 0 Å². The first-order valence-corrected chi connectivity index (χ1v) is 7.68. The van der Waals surface area contributed by atoms with Crippen molar-refractivity contribution in [3.05, 3.63) is 0 Å². The van der Waals surface area contributed by atoms with Crippen LogP contribution in [0.2, 0.25) is 0 Å². The molecule has 3 rings (SSSR count).